The summed E-state index contributed by atoms with van der Waals surface area (Å²) < 4.78 is 100. The van der Waals surface area contributed by atoms with Crippen LogP contribution in [0.15, 0.2) is 86.9 Å². The molecule has 1 fully saturated rings. The lowest BCUT2D eigenvalue weighted by atomic mass is 9.99. The molecule has 0 spiro atoms. The highest BCUT2D eigenvalue weighted by Gasteiger charge is 2.55. The number of alkyl halides is 6. The van der Waals surface area contributed by atoms with Gasteiger partial charge in [-0.3, -0.25) is 4.90 Å². The number of urea groups is 1. The molecule has 0 N–H and O–H groups in total. The van der Waals surface area contributed by atoms with Crippen LogP contribution in [0.3, 0.4) is 0 Å². The van der Waals surface area contributed by atoms with Gasteiger partial charge in [0.25, 0.3) is 0 Å². The van der Waals surface area contributed by atoms with E-state index < -0.39 is 64.2 Å². The van der Waals surface area contributed by atoms with Crippen molar-refractivity contribution in [2.24, 2.45) is 0 Å². The van der Waals surface area contributed by atoms with Crippen LogP contribution in [0.2, 0.25) is 0 Å². The average molecular weight is 610 g/mol. The van der Waals surface area contributed by atoms with Gasteiger partial charge >= 0.3 is 29.8 Å². The first kappa shape index (κ1) is 29.7. The first-order valence-corrected chi connectivity index (χ1v) is 12.5. The number of carbonyl (C=O) groups is 1. The molecule has 1 atom stereocenters. The maximum atomic E-state index is 13.9. The molecule has 2 amide bonds. The van der Waals surface area contributed by atoms with E-state index in [-0.39, 0.29) is 12.2 Å². The van der Waals surface area contributed by atoms with Crippen LogP contribution >= 0.6 is 0 Å². The zero-order valence-electron chi connectivity index (χ0n) is 22.3. The molecule has 226 valence electrons. The Morgan fingerprint density at radius 3 is 1.88 bits per heavy atom. The number of anilines is 1. The predicted octanol–water partition coefficient (Wildman–Crippen LogP) is 6.19. The second kappa shape index (κ2) is 10.2. The minimum atomic E-state index is -4.80. The molecule has 43 heavy (non-hydrogen) atoms. The van der Waals surface area contributed by atoms with Crippen molar-refractivity contribution in [3.8, 4) is 5.69 Å². The van der Waals surface area contributed by atoms with Crippen LogP contribution in [0, 0.1) is 5.82 Å². The fourth-order valence-electron chi connectivity index (χ4n) is 4.99. The molecule has 4 aromatic rings. The van der Waals surface area contributed by atoms with E-state index in [0.29, 0.717) is 27.0 Å². The third-order valence-corrected chi connectivity index (χ3v) is 7.11. The summed E-state index contributed by atoms with van der Waals surface area (Å²) in [6.07, 6.45) is -11.2. The standard InChI is InChI=1S/C28H21F7N4O4/c1-26(2)22(39-24(41)38(25(42)43-39)21-8-4-6-18(14-21)28(33,34)35)37(20-7-3-5-17(13-20)27(30,31)32)23(40)36(26)15-16-9-11-19(29)12-10-16/h3-14,22H,15H2,1-2H3/t22-/m0/s1. The molecule has 0 bridgehead atoms. The van der Waals surface area contributed by atoms with Gasteiger partial charge < -0.3 is 9.42 Å². The lowest BCUT2D eigenvalue weighted by Gasteiger charge is -2.34. The number of benzene rings is 3. The molecule has 0 unspecified atom stereocenters. The summed E-state index contributed by atoms with van der Waals surface area (Å²) in [7, 11) is 0. The van der Waals surface area contributed by atoms with Crippen LogP contribution in [0.4, 0.5) is 41.2 Å². The van der Waals surface area contributed by atoms with E-state index in [4.69, 9.17) is 4.52 Å². The summed E-state index contributed by atoms with van der Waals surface area (Å²) in [4.78, 5) is 42.4. The molecular formula is C28H21F7N4O4. The fraction of sp³-hybridized carbons (Fsp3) is 0.250. The Morgan fingerprint density at radius 2 is 1.33 bits per heavy atom. The SMILES string of the molecule is CC1(C)[C@H](n2oc(=O)n(-c3cccc(C(F)(F)F)c3)c2=O)N(c2cccc(C(F)(F)F)c2)C(=O)N1Cc1ccc(F)cc1. The Labute approximate surface area is 237 Å². The molecule has 15 heteroatoms. The number of hydrogen-bond acceptors (Lipinski definition) is 4. The highest BCUT2D eigenvalue weighted by Crippen LogP contribution is 2.44. The van der Waals surface area contributed by atoms with E-state index in [2.05, 4.69) is 0 Å². The number of nitrogens with zero attached hydrogens (tertiary/aromatic N) is 4. The van der Waals surface area contributed by atoms with E-state index >= 15 is 0 Å². The first-order valence-electron chi connectivity index (χ1n) is 12.5. The van der Waals surface area contributed by atoms with E-state index in [0.717, 1.165) is 47.4 Å². The molecule has 1 saturated heterocycles. The lowest BCUT2D eigenvalue weighted by Crippen LogP contribution is -2.46. The number of amides is 2. The number of carbonyl (C=O) groups excluding carboxylic acids is 1. The van der Waals surface area contributed by atoms with Crippen molar-refractivity contribution >= 4 is 11.7 Å². The third-order valence-electron chi connectivity index (χ3n) is 7.11. The molecule has 0 radical (unpaired) electrons. The smallest absolute Gasteiger partial charge is 0.314 e. The van der Waals surface area contributed by atoms with Crippen molar-refractivity contribution in [2.45, 2.75) is 44.4 Å². The maximum absolute atomic E-state index is 13.9. The summed E-state index contributed by atoms with van der Waals surface area (Å²) in [5.74, 6) is -1.95. The van der Waals surface area contributed by atoms with Crippen molar-refractivity contribution < 1.29 is 40.1 Å². The zero-order chi connectivity index (χ0) is 31.5. The fourth-order valence-corrected chi connectivity index (χ4v) is 4.99. The summed E-state index contributed by atoms with van der Waals surface area (Å²) in [5.41, 5.74) is -5.40. The number of halogens is 7. The predicted molar refractivity (Wildman–Crippen MR) is 138 cm³/mol. The molecule has 5 rings (SSSR count). The highest BCUT2D eigenvalue weighted by atomic mass is 19.4. The lowest BCUT2D eigenvalue weighted by molar-refractivity contribution is -0.138. The number of hydrogen-bond donors (Lipinski definition) is 0. The van der Waals surface area contributed by atoms with Gasteiger partial charge in [0.15, 0.2) is 6.17 Å². The van der Waals surface area contributed by atoms with Gasteiger partial charge in [0.2, 0.25) is 0 Å². The van der Waals surface area contributed by atoms with Gasteiger partial charge in [0.05, 0.1) is 22.4 Å². The summed E-state index contributed by atoms with van der Waals surface area (Å²) in [6, 6.07) is 11.2. The Kier molecular flexibility index (Phi) is 7.02. The van der Waals surface area contributed by atoms with Gasteiger partial charge in [-0.05, 0) is 67.9 Å². The Bertz CT molecular complexity index is 1800. The van der Waals surface area contributed by atoms with E-state index in [9.17, 15) is 45.1 Å². The normalized spacial score (nSPS) is 17.1. The average Bonchev–Trinajstić information content (AvgIpc) is 3.32. The van der Waals surface area contributed by atoms with Crippen LogP contribution in [0.5, 0.6) is 0 Å². The molecule has 0 saturated carbocycles. The quantitative estimate of drug-likeness (QED) is 0.253. The minimum absolute atomic E-state index is 0.189. The molecule has 1 aliphatic rings. The van der Waals surface area contributed by atoms with Gasteiger partial charge in [-0.2, -0.15) is 30.9 Å². The summed E-state index contributed by atoms with van der Waals surface area (Å²) in [6.45, 7) is 2.73. The molecule has 1 aromatic heterocycles. The summed E-state index contributed by atoms with van der Waals surface area (Å²) in [5, 5.41) is 0. The largest absolute Gasteiger partial charge is 0.447 e. The van der Waals surface area contributed by atoms with Crippen molar-refractivity contribution in [1.82, 2.24) is 14.2 Å². The number of rotatable bonds is 5. The van der Waals surface area contributed by atoms with Crippen molar-refractivity contribution in [3.63, 3.8) is 0 Å². The monoisotopic (exact) mass is 610 g/mol. The van der Waals surface area contributed by atoms with Crippen molar-refractivity contribution in [1.29, 1.82) is 0 Å². The van der Waals surface area contributed by atoms with E-state index in [1.165, 1.54) is 36.9 Å². The van der Waals surface area contributed by atoms with Gasteiger partial charge in [0, 0.05) is 12.2 Å². The van der Waals surface area contributed by atoms with Crippen LogP contribution in [0.25, 0.3) is 5.69 Å². The van der Waals surface area contributed by atoms with Crippen LogP contribution in [-0.2, 0) is 18.9 Å². The molecule has 0 aliphatic carbocycles. The first-order chi connectivity index (χ1) is 20.0. The Balaban J connectivity index is 1.69. The van der Waals surface area contributed by atoms with Gasteiger partial charge in [-0.25, -0.2) is 18.8 Å². The van der Waals surface area contributed by atoms with E-state index in [1.807, 2.05) is 0 Å². The van der Waals surface area contributed by atoms with Crippen molar-refractivity contribution in [3.05, 3.63) is 116 Å². The molecule has 1 aliphatic heterocycles. The van der Waals surface area contributed by atoms with Crippen LogP contribution in [-0.4, -0.2) is 25.8 Å². The Morgan fingerprint density at radius 1 is 0.791 bits per heavy atom. The molecule has 8 nitrogen and oxygen atoms in total. The number of aromatic nitrogens is 2. The minimum Gasteiger partial charge on any atom is -0.314 e. The second-order valence-corrected chi connectivity index (χ2v) is 10.3. The molecule has 2 heterocycles. The van der Waals surface area contributed by atoms with Crippen LogP contribution < -0.4 is 16.3 Å². The molecular weight excluding hydrogens is 589 g/mol. The van der Waals surface area contributed by atoms with Crippen molar-refractivity contribution in [2.75, 3.05) is 4.90 Å². The summed E-state index contributed by atoms with van der Waals surface area (Å²) >= 11 is 0. The zero-order valence-corrected chi connectivity index (χ0v) is 22.3. The van der Waals surface area contributed by atoms with Gasteiger partial charge in [-0.15, -0.1) is 4.74 Å². The highest BCUT2D eigenvalue weighted by molar-refractivity contribution is 5.95. The second-order valence-electron chi connectivity index (χ2n) is 10.3. The van der Waals surface area contributed by atoms with Gasteiger partial charge in [0.1, 0.15) is 5.82 Å². The molecule has 3 aromatic carbocycles. The maximum Gasteiger partial charge on any atom is 0.447 e. The van der Waals surface area contributed by atoms with Crippen LogP contribution in [0.1, 0.15) is 36.7 Å². The third kappa shape index (κ3) is 5.30. The Hall–Kier alpha value is -4.82. The van der Waals surface area contributed by atoms with Gasteiger partial charge in [-0.1, -0.05) is 24.3 Å². The van der Waals surface area contributed by atoms with E-state index in [1.54, 1.807) is 0 Å². The topological polar surface area (TPSA) is 80.7 Å².